The van der Waals surface area contributed by atoms with E-state index in [0.29, 0.717) is 35.8 Å². The van der Waals surface area contributed by atoms with Crippen molar-refractivity contribution in [1.29, 1.82) is 0 Å². The third-order valence-electron chi connectivity index (χ3n) is 11.0. The van der Waals surface area contributed by atoms with Crippen LogP contribution in [-0.4, -0.2) is 25.2 Å². The Balaban J connectivity index is 1.36. The lowest BCUT2D eigenvalue weighted by Crippen LogP contribution is -2.11. The van der Waals surface area contributed by atoms with E-state index in [0.717, 1.165) is 68.8 Å². The van der Waals surface area contributed by atoms with Gasteiger partial charge in [0.05, 0.1) is 24.3 Å². The first-order valence-electron chi connectivity index (χ1n) is 21.2. The number of ether oxygens (including phenoxy) is 4. The van der Waals surface area contributed by atoms with Crippen LogP contribution in [0, 0.1) is 41.5 Å². The zero-order valence-electron chi connectivity index (χ0n) is 35.5. The SMILES string of the molecule is CCCCCCCCCOc1ccc(C(=O)Oc2cc(C)c(-c3c(C)cc(OC(=O)c4ccc(OCCCCCCCCC)cc4)c(C)c3C)c(C)c2C)cc1. The number of aryl methyl sites for hydroxylation is 2. The second-order valence-electron chi connectivity index (χ2n) is 15.4. The van der Waals surface area contributed by atoms with Gasteiger partial charge in [0.15, 0.2) is 0 Å². The zero-order valence-corrected chi connectivity index (χ0v) is 35.5. The minimum atomic E-state index is -0.404. The van der Waals surface area contributed by atoms with E-state index in [-0.39, 0.29) is 0 Å². The fraction of sp³-hybridized carbons (Fsp3) is 0.480. The first-order valence-corrected chi connectivity index (χ1v) is 21.2. The number of esters is 2. The van der Waals surface area contributed by atoms with Gasteiger partial charge in [-0.05, 0) is 160 Å². The third kappa shape index (κ3) is 12.7. The van der Waals surface area contributed by atoms with Gasteiger partial charge >= 0.3 is 11.9 Å². The molecule has 0 aliphatic carbocycles. The molecular weight excluding hydrogens is 697 g/mol. The summed E-state index contributed by atoms with van der Waals surface area (Å²) in [5.74, 6) is 1.79. The Morgan fingerprint density at radius 2 is 0.750 bits per heavy atom. The van der Waals surface area contributed by atoms with Crippen LogP contribution in [0.4, 0.5) is 0 Å². The zero-order chi connectivity index (χ0) is 40.5. The van der Waals surface area contributed by atoms with Gasteiger partial charge < -0.3 is 18.9 Å². The second-order valence-corrected chi connectivity index (χ2v) is 15.4. The molecule has 0 N–H and O–H groups in total. The molecule has 302 valence electrons. The summed E-state index contributed by atoms with van der Waals surface area (Å²) in [5, 5.41) is 0. The molecule has 0 fully saturated rings. The average molecular weight is 763 g/mol. The van der Waals surface area contributed by atoms with Crippen LogP contribution in [0.15, 0.2) is 60.7 Å². The molecule has 0 aromatic heterocycles. The Hall–Kier alpha value is -4.58. The Kier molecular flexibility index (Phi) is 18.0. The van der Waals surface area contributed by atoms with E-state index in [1.807, 2.05) is 64.1 Å². The maximum atomic E-state index is 13.2. The summed E-state index contributed by atoms with van der Waals surface area (Å²) < 4.78 is 23.8. The normalized spacial score (nSPS) is 11.1. The van der Waals surface area contributed by atoms with Gasteiger partial charge in [0.25, 0.3) is 0 Å². The van der Waals surface area contributed by atoms with E-state index in [1.165, 1.54) is 77.0 Å². The molecule has 4 aromatic carbocycles. The molecule has 6 heteroatoms. The van der Waals surface area contributed by atoms with E-state index < -0.39 is 11.9 Å². The van der Waals surface area contributed by atoms with Crippen LogP contribution in [0.25, 0.3) is 11.1 Å². The van der Waals surface area contributed by atoms with Crippen LogP contribution in [0.1, 0.15) is 158 Å². The highest BCUT2D eigenvalue weighted by atomic mass is 16.5. The van der Waals surface area contributed by atoms with Crippen LogP contribution < -0.4 is 18.9 Å². The third-order valence-corrected chi connectivity index (χ3v) is 11.0. The van der Waals surface area contributed by atoms with E-state index in [2.05, 4.69) is 27.7 Å². The lowest BCUT2D eigenvalue weighted by Gasteiger charge is -2.22. The predicted molar refractivity (Wildman–Crippen MR) is 230 cm³/mol. The molecule has 0 aliphatic rings. The fourth-order valence-corrected chi connectivity index (χ4v) is 7.26. The molecule has 0 amide bonds. The lowest BCUT2D eigenvalue weighted by molar-refractivity contribution is 0.0723. The molecule has 6 nitrogen and oxygen atoms in total. The summed E-state index contributed by atoms with van der Waals surface area (Å²) in [6.45, 7) is 18.0. The maximum absolute atomic E-state index is 13.2. The van der Waals surface area contributed by atoms with Crippen molar-refractivity contribution >= 4 is 11.9 Å². The van der Waals surface area contributed by atoms with Gasteiger partial charge in [-0.25, -0.2) is 9.59 Å². The van der Waals surface area contributed by atoms with Crippen molar-refractivity contribution in [3.05, 3.63) is 105 Å². The van der Waals surface area contributed by atoms with E-state index >= 15 is 0 Å². The largest absolute Gasteiger partial charge is 0.494 e. The summed E-state index contributed by atoms with van der Waals surface area (Å²) in [5.41, 5.74) is 8.99. The van der Waals surface area contributed by atoms with Crippen molar-refractivity contribution in [3.63, 3.8) is 0 Å². The number of hydrogen-bond acceptors (Lipinski definition) is 6. The van der Waals surface area contributed by atoms with Gasteiger partial charge in [-0.1, -0.05) is 90.9 Å². The summed E-state index contributed by atoms with van der Waals surface area (Å²) in [6.07, 6.45) is 17.3. The minimum Gasteiger partial charge on any atom is -0.494 e. The number of rotatable bonds is 23. The van der Waals surface area contributed by atoms with Crippen molar-refractivity contribution in [2.24, 2.45) is 0 Å². The van der Waals surface area contributed by atoms with Crippen molar-refractivity contribution in [2.75, 3.05) is 13.2 Å². The molecule has 0 saturated carbocycles. The molecule has 0 bridgehead atoms. The molecule has 4 rings (SSSR count). The molecule has 0 unspecified atom stereocenters. The van der Waals surface area contributed by atoms with Gasteiger partial charge in [-0.15, -0.1) is 0 Å². The van der Waals surface area contributed by atoms with Crippen molar-refractivity contribution in [1.82, 2.24) is 0 Å². The second kappa shape index (κ2) is 22.8. The first kappa shape index (κ1) is 44.1. The Bertz CT molecular complexity index is 1720. The Labute approximate surface area is 337 Å². The molecule has 0 heterocycles. The number of benzene rings is 4. The summed E-state index contributed by atoms with van der Waals surface area (Å²) in [4.78, 5) is 26.5. The molecule has 4 aromatic rings. The van der Waals surface area contributed by atoms with Crippen LogP contribution >= 0.6 is 0 Å². The maximum Gasteiger partial charge on any atom is 0.343 e. The quantitative estimate of drug-likeness (QED) is 0.0426. The summed E-state index contributed by atoms with van der Waals surface area (Å²) in [7, 11) is 0. The standard InChI is InChI=1S/C50H66O6/c1-9-11-13-15-17-19-21-31-53-43-27-23-41(24-28-43)49(51)55-45-33-35(3)47(39(7)37(45)5)48-36(4)34-46(38(6)40(48)8)56-50(52)42-25-29-44(30-26-42)54-32-22-20-18-16-14-12-10-2/h23-30,33-34H,9-22,31-32H2,1-8H3. The number of unbranched alkanes of at least 4 members (excludes halogenated alkanes) is 12. The van der Waals surface area contributed by atoms with Crippen molar-refractivity contribution < 1.29 is 28.5 Å². The van der Waals surface area contributed by atoms with Gasteiger partial charge in [0.1, 0.15) is 23.0 Å². The summed E-state index contributed by atoms with van der Waals surface area (Å²) in [6, 6.07) is 18.3. The Morgan fingerprint density at radius 1 is 0.429 bits per heavy atom. The lowest BCUT2D eigenvalue weighted by atomic mass is 9.85. The average Bonchev–Trinajstić information content (AvgIpc) is 3.19. The van der Waals surface area contributed by atoms with Gasteiger partial charge in [0.2, 0.25) is 0 Å². The molecule has 0 atom stereocenters. The fourth-order valence-electron chi connectivity index (χ4n) is 7.26. The van der Waals surface area contributed by atoms with Crippen LogP contribution in [-0.2, 0) is 0 Å². The smallest absolute Gasteiger partial charge is 0.343 e. The van der Waals surface area contributed by atoms with E-state index in [9.17, 15) is 9.59 Å². The predicted octanol–water partition coefficient (Wildman–Crippen LogP) is 13.9. The molecule has 0 radical (unpaired) electrons. The first-order chi connectivity index (χ1) is 27.0. The van der Waals surface area contributed by atoms with Crippen LogP contribution in [0.3, 0.4) is 0 Å². The highest BCUT2D eigenvalue weighted by Gasteiger charge is 2.22. The van der Waals surface area contributed by atoms with Gasteiger partial charge in [-0.2, -0.15) is 0 Å². The minimum absolute atomic E-state index is 0.404. The molecule has 0 aliphatic heterocycles. The van der Waals surface area contributed by atoms with Gasteiger partial charge in [0, 0.05) is 0 Å². The molecule has 0 spiro atoms. The van der Waals surface area contributed by atoms with Crippen molar-refractivity contribution in [3.8, 4) is 34.1 Å². The van der Waals surface area contributed by atoms with E-state index in [4.69, 9.17) is 18.9 Å². The van der Waals surface area contributed by atoms with Gasteiger partial charge in [-0.3, -0.25) is 0 Å². The van der Waals surface area contributed by atoms with E-state index in [1.54, 1.807) is 24.3 Å². The number of carbonyl (C=O) groups is 2. The van der Waals surface area contributed by atoms with Crippen LogP contribution in [0.2, 0.25) is 0 Å². The molecule has 0 saturated heterocycles. The van der Waals surface area contributed by atoms with Crippen molar-refractivity contribution in [2.45, 2.75) is 145 Å². The summed E-state index contributed by atoms with van der Waals surface area (Å²) >= 11 is 0. The Morgan fingerprint density at radius 3 is 1.09 bits per heavy atom. The topological polar surface area (TPSA) is 71.1 Å². The highest BCUT2D eigenvalue weighted by Crippen LogP contribution is 2.41. The molecule has 56 heavy (non-hydrogen) atoms. The monoisotopic (exact) mass is 762 g/mol. The highest BCUT2D eigenvalue weighted by molar-refractivity contribution is 5.93. The number of carbonyl (C=O) groups excluding carboxylic acids is 2. The number of hydrogen-bond donors (Lipinski definition) is 0. The molecular formula is C50H66O6. The van der Waals surface area contributed by atoms with Crippen LogP contribution in [0.5, 0.6) is 23.0 Å².